The molecule has 0 radical (unpaired) electrons. The Labute approximate surface area is 136 Å². The van der Waals surface area contributed by atoms with Crippen LogP contribution in [-0.4, -0.2) is 22.6 Å². The summed E-state index contributed by atoms with van der Waals surface area (Å²) in [6.07, 6.45) is 4.09. The molecule has 1 aromatic heterocycles. The molecule has 23 heavy (non-hydrogen) atoms. The minimum Gasteiger partial charge on any atom is -0.494 e. The Bertz CT molecular complexity index is 671. The first kappa shape index (κ1) is 17.0. The third-order valence-corrected chi connectivity index (χ3v) is 3.65. The molecule has 2 rings (SSSR count). The Balaban J connectivity index is 1.75. The molecular formula is C18H22N2O3. The van der Waals surface area contributed by atoms with Gasteiger partial charge in [0.15, 0.2) is 0 Å². The van der Waals surface area contributed by atoms with E-state index >= 15 is 0 Å². The average Bonchev–Trinajstić information content (AvgIpc) is 2.55. The van der Waals surface area contributed by atoms with Gasteiger partial charge in [0.05, 0.1) is 25.1 Å². The third kappa shape index (κ3) is 5.07. The van der Waals surface area contributed by atoms with Gasteiger partial charge in [0.2, 0.25) is 5.91 Å². The molecule has 0 unspecified atom stereocenters. The van der Waals surface area contributed by atoms with Gasteiger partial charge >= 0.3 is 0 Å². The topological polar surface area (TPSA) is 71.5 Å². The lowest BCUT2D eigenvalue weighted by Crippen LogP contribution is -2.14. The zero-order chi connectivity index (χ0) is 16.7. The Morgan fingerprint density at radius 2 is 2.09 bits per heavy atom. The molecule has 0 saturated heterocycles. The van der Waals surface area contributed by atoms with Crippen molar-refractivity contribution in [1.82, 2.24) is 4.98 Å². The summed E-state index contributed by atoms with van der Waals surface area (Å²) in [5.74, 6) is 0.708. The van der Waals surface area contributed by atoms with Gasteiger partial charge in [0.25, 0.3) is 0 Å². The second-order valence-electron chi connectivity index (χ2n) is 5.44. The zero-order valence-electron chi connectivity index (χ0n) is 13.5. The molecule has 1 amide bonds. The number of carbonyl (C=O) groups is 1. The van der Waals surface area contributed by atoms with Crippen LogP contribution in [-0.2, 0) is 11.4 Å². The highest BCUT2D eigenvalue weighted by Crippen LogP contribution is 2.17. The van der Waals surface area contributed by atoms with Gasteiger partial charge in [-0.05, 0) is 49.6 Å². The highest BCUT2D eigenvalue weighted by molar-refractivity contribution is 5.91. The van der Waals surface area contributed by atoms with E-state index in [1.54, 1.807) is 12.3 Å². The maximum absolute atomic E-state index is 11.9. The van der Waals surface area contributed by atoms with Crippen LogP contribution in [0.3, 0.4) is 0 Å². The molecule has 0 atom stereocenters. The van der Waals surface area contributed by atoms with Gasteiger partial charge in [0.1, 0.15) is 5.75 Å². The molecule has 1 heterocycles. The van der Waals surface area contributed by atoms with Gasteiger partial charge in [-0.3, -0.25) is 9.78 Å². The minimum absolute atomic E-state index is 0.114. The number of anilines is 1. The van der Waals surface area contributed by atoms with E-state index in [4.69, 9.17) is 4.74 Å². The molecule has 1 aromatic carbocycles. The standard InChI is InChI=1S/C18H22N2O3/c1-13-5-6-16(10-14(13)2)23-9-3-4-18(22)20-17-11-19-8-7-15(17)12-21/h5-8,10-11,21H,3-4,9,12H2,1-2H3,(H,20,22). The summed E-state index contributed by atoms with van der Waals surface area (Å²) in [5, 5.41) is 12.0. The number of hydrogen-bond donors (Lipinski definition) is 2. The number of amides is 1. The summed E-state index contributed by atoms with van der Waals surface area (Å²) in [6, 6.07) is 7.64. The van der Waals surface area contributed by atoms with Crippen molar-refractivity contribution in [3.8, 4) is 5.75 Å². The highest BCUT2D eigenvalue weighted by Gasteiger charge is 2.06. The van der Waals surface area contributed by atoms with Crippen LogP contribution in [0, 0.1) is 13.8 Å². The molecule has 0 saturated carbocycles. The van der Waals surface area contributed by atoms with E-state index in [2.05, 4.69) is 17.2 Å². The lowest BCUT2D eigenvalue weighted by molar-refractivity contribution is -0.116. The van der Waals surface area contributed by atoms with Crippen LogP contribution in [0.1, 0.15) is 29.5 Å². The average molecular weight is 314 g/mol. The number of aliphatic hydroxyl groups excluding tert-OH is 1. The highest BCUT2D eigenvalue weighted by atomic mass is 16.5. The number of aromatic nitrogens is 1. The second-order valence-corrected chi connectivity index (χ2v) is 5.44. The molecule has 2 N–H and O–H groups in total. The number of nitrogens with zero attached hydrogens (tertiary/aromatic N) is 1. The number of aryl methyl sites for hydroxylation is 2. The van der Waals surface area contributed by atoms with Gasteiger partial charge < -0.3 is 15.2 Å². The zero-order valence-corrected chi connectivity index (χ0v) is 13.5. The fourth-order valence-corrected chi connectivity index (χ4v) is 2.11. The minimum atomic E-state index is -0.131. The summed E-state index contributed by atoms with van der Waals surface area (Å²) in [7, 11) is 0. The fourth-order valence-electron chi connectivity index (χ4n) is 2.11. The van der Waals surface area contributed by atoms with Crippen molar-refractivity contribution >= 4 is 11.6 Å². The largest absolute Gasteiger partial charge is 0.494 e. The first-order valence-corrected chi connectivity index (χ1v) is 7.64. The van der Waals surface area contributed by atoms with E-state index in [0.717, 1.165) is 5.75 Å². The van der Waals surface area contributed by atoms with Crippen LogP contribution in [0.4, 0.5) is 5.69 Å². The number of benzene rings is 1. The first-order chi connectivity index (χ1) is 11.1. The van der Waals surface area contributed by atoms with Crippen molar-refractivity contribution in [2.24, 2.45) is 0 Å². The maximum atomic E-state index is 11.9. The van der Waals surface area contributed by atoms with Gasteiger partial charge in [-0.1, -0.05) is 6.07 Å². The van der Waals surface area contributed by atoms with Crippen LogP contribution >= 0.6 is 0 Å². The Hall–Kier alpha value is -2.40. The summed E-state index contributed by atoms with van der Waals surface area (Å²) >= 11 is 0. The number of pyridine rings is 1. The summed E-state index contributed by atoms with van der Waals surface area (Å²) in [4.78, 5) is 15.9. The number of rotatable bonds is 7. The van der Waals surface area contributed by atoms with Crippen LogP contribution in [0.25, 0.3) is 0 Å². The predicted molar refractivity (Wildman–Crippen MR) is 89.4 cm³/mol. The van der Waals surface area contributed by atoms with Crippen molar-refractivity contribution in [1.29, 1.82) is 0 Å². The number of carbonyl (C=O) groups excluding carboxylic acids is 1. The van der Waals surface area contributed by atoms with Gasteiger partial charge in [-0.15, -0.1) is 0 Å². The monoisotopic (exact) mass is 314 g/mol. The van der Waals surface area contributed by atoms with Gasteiger partial charge in [-0.2, -0.15) is 0 Å². The van der Waals surface area contributed by atoms with E-state index in [1.807, 2.05) is 25.1 Å². The van der Waals surface area contributed by atoms with Crippen LogP contribution in [0.15, 0.2) is 36.7 Å². The molecule has 122 valence electrons. The van der Waals surface area contributed by atoms with E-state index in [-0.39, 0.29) is 12.5 Å². The van der Waals surface area contributed by atoms with Crippen molar-refractivity contribution in [2.45, 2.75) is 33.3 Å². The fraction of sp³-hybridized carbons (Fsp3) is 0.333. The summed E-state index contributed by atoms with van der Waals surface area (Å²) in [6.45, 7) is 4.45. The molecule has 0 aliphatic carbocycles. The van der Waals surface area contributed by atoms with E-state index in [1.165, 1.54) is 17.3 Å². The number of nitrogens with one attached hydrogen (secondary N) is 1. The Morgan fingerprint density at radius 3 is 2.83 bits per heavy atom. The van der Waals surface area contributed by atoms with Crippen molar-refractivity contribution in [2.75, 3.05) is 11.9 Å². The first-order valence-electron chi connectivity index (χ1n) is 7.64. The molecule has 5 nitrogen and oxygen atoms in total. The SMILES string of the molecule is Cc1ccc(OCCCC(=O)Nc2cnccc2CO)cc1C. The number of hydrogen-bond acceptors (Lipinski definition) is 4. The summed E-state index contributed by atoms with van der Waals surface area (Å²) < 4.78 is 5.65. The van der Waals surface area contributed by atoms with Gasteiger partial charge in [-0.25, -0.2) is 0 Å². The van der Waals surface area contributed by atoms with Crippen molar-refractivity contribution < 1.29 is 14.6 Å². The van der Waals surface area contributed by atoms with E-state index in [9.17, 15) is 9.90 Å². The van der Waals surface area contributed by atoms with Gasteiger partial charge in [0, 0.05) is 18.2 Å². The number of ether oxygens (including phenoxy) is 1. The Kier molecular flexibility index (Phi) is 6.11. The molecule has 0 spiro atoms. The number of aliphatic hydroxyl groups is 1. The van der Waals surface area contributed by atoms with Crippen LogP contribution in [0.5, 0.6) is 5.75 Å². The van der Waals surface area contributed by atoms with Crippen LogP contribution in [0.2, 0.25) is 0 Å². The Morgan fingerprint density at radius 1 is 1.26 bits per heavy atom. The normalized spacial score (nSPS) is 10.4. The predicted octanol–water partition coefficient (Wildman–Crippen LogP) is 2.99. The molecule has 2 aromatic rings. The van der Waals surface area contributed by atoms with Crippen molar-refractivity contribution in [3.63, 3.8) is 0 Å². The van der Waals surface area contributed by atoms with E-state index < -0.39 is 0 Å². The van der Waals surface area contributed by atoms with Crippen molar-refractivity contribution in [3.05, 3.63) is 53.3 Å². The molecule has 0 fully saturated rings. The second kappa shape index (κ2) is 8.29. The quantitative estimate of drug-likeness (QED) is 0.771. The summed E-state index contributed by atoms with van der Waals surface area (Å²) in [5.41, 5.74) is 3.62. The van der Waals surface area contributed by atoms with E-state index in [0.29, 0.717) is 30.7 Å². The van der Waals surface area contributed by atoms with Crippen LogP contribution < -0.4 is 10.1 Å². The lowest BCUT2D eigenvalue weighted by atomic mass is 10.1. The third-order valence-electron chi connectivity index (χ3n) is 3.65. The molecule has 0 aliphatic heterocycles. The lowest BCUT2D eigenvalue weighted by Gasteiger charge is -2.10. The molecular weight excluding hydrogens is 292 g/mol. The molecule has 0 bridgehead atoms. The molecule has 0 aliphatic rings. The maximum Gasteiger partial charge on any atom is 0.224 e. The smallest absolute Gasteiger partial charge is 0.224 e. The molecule has 5 heteroatoms.